The number of hydrogen-bond acceptors (Lipinski definition) is 4. The summed E-state index contributed by atoms with van der Waals surface area (Å²) in [7, 11) is 0. The highest BCUT2D eigenvalue weighted by atomic mass is 16.5. The second kappa shape index (κ2) is 7.55. The summed E-state index contributed by atoms with van der Waals surface area (Å²) in [5, 5.41) is 18.3. The van der Waals surface area contributed by atoms with E-state index < -0.39 is 18.0 Å². The Kier molecular flexibility index (Phi) is 6.04. The number of nitrogens with zero attached hydrogens (tertiary/aromatic N) is 1. The van der Waals surface area contributed by atoms with Crippen molar-refractivity contribution in [3.05, 3.63) is 35.9 Å². The van der Waals surface area contributed by atoms with E-state index in [0.717, 1.165) is 5.56 Å². The summed E-state index contributed by atoms with van der Waals surface area (Å²) in [5.41, 5.74) is 0.915. The number of benzene rings is 1. The molecule has 0 fully saturated rings. The topological polar surface area (TPSA) is 70.3 Å². The number of nitriles is 1. The zero-order valence-corrected chi connectivity index (χ0v) is 11.2. The molecule has 0 radical (unpaired) electrons. The molecule has 1 aromatic rings. The van der Waals surface area contributed by atoms with Crippen molar-refractivity contribution in [2.75, 3.05) is 0 Å². The maximum atomic E-state index is 11.7. The van der Waals surface area contributed by atoms with Crippen molar-refractivity contribution in [1.29, 1.82) is 5.26 Å². The SMILES string of the molecule is CC(C)C(CC(=O)OCc1ccccc1)C(O)C#N. The Bertz CT molecular complexity index is 436. The molecule has 0 saturated heterocycles. The lowest BCUT2D eigenvalue weighted by atomic mass is 9.88. The Labute approximate surface area is 113 Å². The van der Waals surface area contributed by atoms with Gasteiger partial charge in [0, 0.05) is 5.92 Å². The molecule has 4 heteroatoms. The molecule has 1 N–H and O–H groups in total. The first kappa shape index (κ1) is 15.2. The van der Waals surface area contributed by atoms with Crippen molar-refractivity contribution in [2.45, 2.75) is 33.0 Å². The lowest BCUT2D eigenvalue weighted by Gasteiger charge is -2.20. The minimum Gasteiger partial charge on any atom is -0.461 e. The summed E-state index contributed by atoms with van der Waals surface area (Å²) >= 11 is 0. The molecule has 0 heterocycles. The zero-order valence-electron chi connectivity index (χ0n) is 11.2. The van der Waals surface area contributed by atoms with Crippen LogP contribution in [0.15, 0.2) is 30.3 Å². The quantitative estimate of drug-likeness (QED) is 0.630. The Balaban J connectivity index is 2.48. The van der Waals surface area contributed by atoms with Crippen molar-refractivity contribution in [2.24, 2.45) is 11.8 Å². The molecule has 1 aromatic carbocycles. The smallest absolute Gasteiger partial charge is 0.306 e. The average Bonchev–Trinajstić information content (AvgIpc) is 2.42. The van der Waals surface area contributed by atoms with Gasteiger partial charge in [-0.05, 0) is 11.5 Å². The first-order chi connectivity index (χ1) is 9.04. The first-order valence-corrected chi connectivity index (χ1v) is 6.31. The first-order valence-electron chi connectivity index (χ1n) is 6.31. The molecule has 102 valence electrons. The van der Waals surface area contributed by atoms with E-state index in [1.807, 2.05) is 44.2 Å². The lowest BCUT2D eigenvalue weighted by molar-refractivity contribution is -0.147. The van der Waals surface area contributed by atoms with Gasteiger partial charge in [-0.3, -0.25) is 4.79 Å². The second-order valence-electron chi connectivity index (χ2n) is 4.83. The molecule has 1 rings (SSSR count). The number of aliphatic hydroxyl groups excluding tert-OH is 1. The molecule has 19 heavy (non-hydrogen) atoms. The molecular weight excluding hydrogens is 242 g/mol. The summed E-state index contributed by atoms with van der Waals surface area (Å²) in [6.07, 6.45) is -1.08. The van der Waals surface area contributed by atoms with Crippen molar-refractivity contribution in [3.8, 4) is 6.07 Å². The van der Waals surface area contributed by atoms with Gasteiger partial charge >= 0.3 is 5.97 Å². The number of esters is 1. The highest BCUT2D eigenvalue weighted by molar-refractivity contribution is 5.69. The summed E-state index contributed by atoms with van der Waals surface area (Å²) < 4.78 is 5.14. The van der Waals surface area contributed by atoms with Crippen LogP contribution in [0.1, 0.15) is 25.8 Å². The van der Waals surface area contributed by atoms with Crippen molar-refractivity contribution in [1.82, 2.24) is 0 Å². The van der Waals surface area contributed by atoms with Crippen molar-refractivity contribution < 1.29 is 14.6 Å². The van der Waals surface area contributed by atoms with Crippen LogP contribution < -0.4 is 0 Å². The molecule has 0 amide bonds. The van der Waals surface area contributed by atoms with E-state index >= 15 is 0 Å². The van der Waals surface area contributed by atoms with E-state index in [4.69, 9.17) is 10.00 Å². The maximum Gasteiger partial charge on any atom is 0.306 e. The third-order valence-electron chi connectivity index (χ3n) is 3.04. The van der Waals surface area contributed by atoms with Crippen molar-refractivity contribution in [3.63, 3.8) is 0 Å². The van der Waals surface area contributed by atoms with Crippen LogP contribution in [0, 0.1) is 23.2 Å². The third kappa shape index (κ3) is 5.11. The zero-order chi connectivity index (χ0) is 14.3. The molecule has 0 spiro atoms. The van der Waals surface area contributed by atoms with Gasteiger partial charge in [-0.25, -0.2) is 0 Å². The number of ether oxygens (including phenoxy) is 1. The fraction of sp³-hybridized carbons (Fsp3) is 0.467. The van der Waals surface area contributed by atoms with Crippen LogP contribution in [-0.4, -0.2) is 17.2 Å². The van der Waals surface area contributed by atoms with Gasteiger partial charge in [0.1, 0.15) is 12.7 Å². The minimum absolute atomic E-state index is 0.0407. The van der Waals surface area contributed by atoms with Gasteiger partial charge in [0.25, 0.3) is 0 Å². The minimum atomic E-state index is -1.13. The Morgan fingerprint density at radius 1 is 1.37 bits per heavy atom. The van der Waals surface area contributed by atoms with Crippen LogP contribution in [0.2, 0.25) is 0 Å². The predicted octanol–water partition coefficient (Wildman–Crippen LogP) is 2.28. The van der Waals surface area contributed by atoms with Gasteiger partial charge in [-0.2, -0.15) is 5.26 Å². The van der Waals surface area contributed by atoms with Crippen LogP contribution in [-0.2, 0) is 16.1 Å². The molecule has 0 aliphatic carbocycles. The number of carbonyl (C=O) groups excluding carboxylic acids is 1. The number of aliphatic hydroxyl groups is 1. The Morgan fingerprint density at radius 2 is 2.00 bits per heavy atom. The lowest BCUT2D eigenvalue weighted by Crippen LogP contribution is -2.27. The van der Waals surface area contributed by atoms with Gasteiger partial charge in [-0.15, -0.1) is 0 Å². The van der Waals surface area contributed by atoms with Gasteiger partial charge < -0.3 is 9.84 Å². The standard InChI is InChI=1S/C15H19NO3/c1-11(2)13(14(17)9-16)8-15(18)19-10-12-6-4-3-5-7-12/h3-7,11,13-14,17H,8,10H2,1-2H3. The molecule has 0 bridgehead atoms. The maximum absolute atomic E-state index is 11.7. The summed E-state index contributed by atoms with van der Waals surface area (Å²) in [5.74, 6) is -0.746. The summed E-state index contributed by atoms with van der Waals surface area (Å²) in [6, 6.07) is 11.2. The molecule has 2 unspecified atom stereocenters. The molecule has 2 atom stereocenters. The van der Waals surface area contributed by atoms with Crippen LogP contribution in [0.25, 0.3) is 0 Å². The summed E-state index contributed by atoms with van der Waals surface area (Å²) in [6.45, 7) is 3.96. The number of rotatable bonds is 6. The Morgan fingerprint density at radius 3 is 2.53 bits per heavy atom. The predicted molar refractivity (Wildman–Crippen MR) is 70.8 cm³/mol. The molecule has 0 saturated carbocycles. The Hall–Kier alpha value is -1.86. The fourth-order valence-electron chi connectivity index (χ4n) is 1.80. The second-order valence-corrected chi connectivity index (χ2v) is 4.83. The van der Waals surface area contributed by atoms with E-state index in [1.165, 1.54) is 0 Å². The summed E-state index contributed by atoms with van der Waals surface area (Å²) in [4.78, 5) is 11.7. The highest BCUT2D eigenvalue weighted by Crippen LogP contribution is 2.20. The van der Waals surface area contributed by atoms with Crippen molar-refractivity contribution >= 4 is 5.97 Å². The van der Waals surface area contributed by atoms with Gasteiger partial charge in [0.2, 0.25) is 0 Å². The molecule has 0 aromatic heterocycles. The average molecular weight is 261 g/mol. The molecule has 4 nitrogen and oxygen atoms in total. The van der Waals surface area contributed by atoms with Gasteiger partial charge in [0.15, 0.2) is 0 Å². The molecule has 0 aliphatic rings. The fourth-order valence-corrected chi connectivity index (χ4v) is 1.80. The monoisotopic (exact) mass is 261 g/mol. The number of carbonyl (C=O) groups is 1. The van der Waals surface area contributed by atoms with E-state index in [9.17, 15) is 9.90 Å². The van der Waals surface area contributed by atoms with Crippen LogP contribution in [0.3, 0.4) is 0 Å². The van der Waals surface area contributed by atoms with Crippen LogP contribution in [0.5, 0.6) is 0 Å². The normalized spacial score (nSPS) is 13.6. The van der Waals surface area contributed by atoms with Gasteiger partial charge in [-0.1, -0.05) is 44.2 Å². The molecular formula is C15H19NO3. The van der Waals surface area contributed by atoms with E-state index in [0.29, 0.717) is 0 Å². The van der Waals surface area contributed by atoms with Gasteiger partial charge in [0.05, 0.1) is 12.5 Å². The largest absolute Gasteiger partial charge is 0.461 e. The van der Waals surface area contributed by atoms with Crippen LogP contribution in [0.4, 0.5) is 0 Å². The third-order valence-corrected chi connectivity index (χ3v) is 3.04. The molecule has 0 aliphatic heterocycles. The number of hydrogen-bond donors (Lipinski definition) is 1. The highest BCUT2D eigenvalue weighted by Gasteiger charge is 2.25. The van der Waals surface area contributed by atoms with E-state index in [2.05, 4.69) is 0 Å². The van der Waals surface area contributed by atoms with E-state index in [1.54, 1.807) is 6.07 Å². The van der Waals surface area contributed by atoms with Crippen LogP contribution >= 0.6 is 0 Å². The van der Waals surface area contributed by atoms with E-state index in [-0.39, 0.29) is 18.9 Å².